The number of fused-ring (bicyclic) bond motifs is 3. The van der Waals surface area contributed by atoms with Crippen molar-refractivity contribution < 1.29 is 0 Å². The molecule has 0 aliphatic rings. The van der Waals surface area contributed by atoms with Crippen LogP contribution in [-0.2, 0) is 0 Å². The zero-order chi connectivity index (χ0) is 14.4. The predicted molar refractivity (Wildman–Crippen MR) is 90.3 cm³/mol. The molecule has 0 aliphatic heterocycles. The first kappa shape index (κ1) is 12.2. The van der Waals surface area contributed by atoms with E-state index < -0.39 is 0 Å². The molecule has 1 aromatic heterocycles. The molecule has 1 nitrogen and oxygen atoms in total. The lowest BCUT2D eigenvalue weighted by molar-refractivity contribution is 1.17. The molecule has 0 unspecified atom stereocenters. The van der Waals surface area contributed by atoms with Gasteiger partial charge < -0.3 is 4.57 Å². The van der Waals surface area contributed by atoms with Gasteiger partial charge in [0.2, 0.25) is 0 Å². The maximum Gasteiger partial charge on any atom is 0.0570 e. The van der Waals surface area contributed by atoms with Crippen LogP contribution in [0.4, 0.5) is 0 Å². The highest BCUT2D eigenvalue weighted by Crippen LogP contribution is 2.34. The van der Waals surface area contributed by atoms with E-state index in [1.54, 1.807) is 0 Å². The molecule has 0 bridgehead atoms. The van der Waals surface area contributed by atoms with Crippen LogP contribution in [0, 0.1) is 13.8 Å². The highest BCUT2D eigenvalue weighted by Gasteiger charge is 2.13. The first-order valence-corrected chi connectivity index (χ1v) is 7.31. The van der Waals surface area contributed by atoms with E-state index in [1.807, 2.05) is 0 Å². The van der Waals surface area contributed by atoms with Crippen LogP contribution < -0.4 is 0 Å². The van der Waals surface area contributed by atoms with Gasteiger partial charge in [-0.2, -0.15) is 0 Å². The molecule has 0 aliphatic carbocycles. The van der Waals surface area contributed by atoms with Crippen LogP contribution in [0.15, 0.2) is 66.7 Å². The molecule has 0 N–H and O–H groups in total. The van der Waals surface area contributed by atoms with Crippen LogP contribution in [-0.4, -0.2) is 4.57 Å². The molecule has 3 aromatic carbocycles. The van der Waals surface area contributed by atoms with Gasteiger partial charge in [-0.25, -0.2) is 0 Å². The summed E-state index contributed by atoms with van der Waals surface area (Å²) >= 11 is 0. The summed E-state index contributed by atoms with van der Waals surface area (Å²) in [6.45, 7) is 4.34. The average Bonchev–Trinajstić information content (AvgIpc) is 2.83. The Kier molecular flexibility index (Phi) is 2.61. The summed E-state index contributed by atoms with van der Waals surface area (Å²) in [5.74, 6) is 0. The third-order valence-electron chi connectivity index (χ3n) is 4.16. The SMILES string of the molecule is Cc1ccc2c(c1)c1cccc(C)c1n2-c1ccccc1. The van der Waals surface area contributed by atoms with Crippen LogP contribution in [0.2, 0.25) is 0 Å². The molecule has 1 heterocycles. The molecule has 0 radical (unpaired) electrons. The van der Waals surface area contributed by atoms with Crippen molar-refractivity contribution in [2.24, 2.45) is 0 Å². The number of rotatable bonds is 1. The van der Waals surface area contributed by atoms with Gasteiger partial charge in [-0.15, -0.1) is 0 Å². The zero-order valence-electron chi connectivity index (χ0n) is 12.3. The normalized spacial score (nSPS) is 11.3. The Morgan fingerprint density at radius 2 is 1.52 bits per heavy atom. The van der Waals surface area contributed by atoms with Crippen molar-refractivity contribution in [3.8, 4) is 5.69 Å². The van der Waals surface area contributed by atoms with E-state index in [4.69, 9.17) is 0 Å². The Morgan fingerprint density at radius 1 is 0.714 bits per heavy atom. The first-order chi connectivity index (χ1) is 10.3. The molecule has 0 atom stereocenters. The lowest BCUT2D eigenvalue weighted by Crippen LogP contribution is -1.94. The lowest BCUT2D eigenvalue weighted by atomic mass is 10.1. The van der Waals surface area contributed by atoms with E-state index in [0.717, 1.165) is 0 Å². The van der Waals surface area contributed by atoms with Crippen molar-refractivity contribution >= 4 is 21.8 Å². The monoisotopic (exact) mass is 271 g/mol. The fourth-order valence-electron chi connectivity index (χ4n) is 3.20. The number of nitrogens with zero attached hydrogens (tertiary/aromatic N) is 1. The summed E-state index contributed by atoms with van der Waals surface area (Å²) in [6.07, 6.45) is 0. The van der Waals surface area contributed by atoms with Crippen molar-refractivity contribution in [3.63, 3.8) is 0 Å². The van der Waals surface area contributed by atoms with Gasteiger partial charge in [0.05, 0.1) is 11.0 Å². The minimum Gasteiger partial charge on any atom is -0.309 e. The smallest absolute Gasteiger partial charge is 0.0570 e. The van der Waals surface area contributed by atoms with E-state index >= 15 is 0 Å². The van der Waals surface area contributed by atoms with E-state index in [-0.39, 0.29) is 0 Å². The topological polar surface area (TPSA) is 4.93 Å². The minimum atomic E-state index is 1.22. The van der Waals surface area contributed by atoms with Gasteiger partial charge in [0.15, 0.2) is 0 Å². The number of hydrogen-bond acceptors (Lipinski definition) is 0. The quantitative estimate of drug-likeness (QED) is 0.437. The molecule has 0 amide bonds. The third kappa shape index (κ3) is 1.78. The standard InChI is InChI=1S/C20H17N/c1-14-11-12-19-18(13-14)17-10-6-7-15(2)20(17)21(19)16-8-4-3-5-9-16/h3-13H,1-2H3. The molecule has 4 aromatic rings. The molecule has 21 heavy (non-hydrogen) atoms. The predicted octanol–water partition coefficient (Wildman–Crippen LogP) is 5.40. The van der Waals surface area contributed by atoms with Gasteiger partial charge in [-0.05, 0) is 43.7 Å². The Morgan fingerprint density at radius 3 is 2.33 bits per heavy atom. The van der Waals surface area contributed by atoms with Crippen molar-refractivity contribution in [1.29, 1.82) is 0 Å². The van der Waals surface area contributed by atoms with Crippen molar-refractivity contribution in [1.82, 2.24) is 4.57 Å². The first-order valence-electron chi connectivity index (χ1n) is 7.31. The van der Waals surface area contributed by atoms with E-state index in [0.29, 0.717) is 0 Å². The van der Waals surface area contributed by atoms with Gasteiger partial charge in [0.1, 0.15) is 0 Å². The number of benzene rings is 3. The largest absolute Gasteiger partial charge is 0.309 e. The fraction of sp³-hybridized carbons (Fsp3) is 0.100. The minimum absolute atomic E-state index is 1.22. The van der Waals surface area contributed by atoms with Crippen molar-refractivity contribution in [2.45, 2.75) is 13.8 Å². The summed E-state index contributed by atoms with van der Waals surface area (Å²) in [6, 6.07) is 23.9. The second kappa shape index (κ2) is 4.49. The van der Waals surface area contributed by atoms with Gasteiger partial charge >= 0.3 is 0 Å². The molecule has 0 saturated carbocycles. The van der Waals surface area contributed by atoms with Gasteiger partial charge in [-0.1, -0.05) is 48.0 Å². The van der Waals surface area contributed by atoms with E-state index in [1.165, 1.54) is 38.6 Å². The van der Waals surface area contributed by atoms with Gasteiger partial charge in [0, 0.05) is 16.5 Å². The number of aryl methyl sites for hydroxylation is 2. The summed E-state index contributed by atoms with van der Waals surface area (Å²) in [7, 11) is 0. The summed E-state index contributed by atoms with van der Waals surface area (Å²) in [5.41, 5.74) is 6.41. The number of aromatic nitrogens is 1. The third-order valence-corrected chi connectivity index (χ3v) is 4.16. The molecule has 4 rings (SSSR count). The van der Waals surface area contributed by atoms with Crippen LogP contribution in [0.1, 0.15) is 11.1 Å². The summed E-state index contributed by atoms with van der Waals surface area (Å²) in [4.78, 5) is 0. The van der Waals surface area contributed by atoms with Crippen molar-refractivity contribution in [2.75, 3.05) is 0 Å². The highest BCUT2D eigenvalue weighted by molar-refractivity contribution is 6.10. The molecule has 0 fully saturated rings. The van der Waals surface area contributed by atoms with Gasteiger partial charge in [0.25, 0.3) is 0 Å². The fourth-order valence-corrected chi connectivity index (χ4v) is 3.20. The number of para-hydroxylation sites is 2. The Labute approximate surface area is 124 Å². The summed E-state index contributed by atoms with van der Waals surface area (Å²) < 4.78 is 2.37. The Bertz CT molecular complexity index is 946. The van der Waals surface area contributed by atoms with Gasteiger partial charge in [-0.3, -0.25) is 0 Å². The van der Waals surface area contributed by atoms with Crippen LogP contribution in [0.25, 0.3) is 27.5 Å². The average molecular weight is 271 g/mol. The van der Waals surface area contributed by atoms with Crippen LogP contribution in [0.3, 0.4) is 0 Å². The van der Waals surface area contributed by atoms with Crippen LogP contribution in [0.5, 0.6) is 0 Å². The Hall–Kier alpha value is -2.54. The Balaban J connectivity index is 2.26. The maximum absolute atomic E-state index is 2.37. The molecular formula is C20H17N. The van der Waals surface area contributed by atoms with Crippen LogP contribution >= 0.6 is 0 Å². The highest BCUT2D eigenvalue weighted by atomic mass is 15.0. The molecule has 0 spiro atoms. The summed E-state index contributed by atoms with van der Waals surface area (Å²) in [5, 5.41) is 2.66. The molecular weight excluding hydrogens is 254 g/mol. The molecule has 0 saturated heterocycles. The van der Waals surface area contributed by atoms with E-state index in [9.17, 15) is 0 Å². The van der Waals surface area contributed by atoms with E-state index in [2.05, 4.69) is 85.1 Å². The second-order valence-electron chi connectivity index (χ2n) is 5.66. The molecule has 1 heteroatoms. The maximum atomic E-state index is 2.37. The number of hydrogen-bond donors (Lipinski definition) is 0. The van der Waals surface area contributed by atoms with Crippen molar-refractivity contribution in [3.05, 3.63) is 77.9 Å². The lowest BCUT2D eigenvalue weighted by Gasteiger charge is -2.09. The molecule has 102 valence electrons. The zero-order valence-corrected chi connectivity index (χ0v) is 12.3. The second-order valence-corrected chi connectivity index (χ2v) is 5.66.